The molecule has 0 radical (unpaired) electrons. The fraction of sp³-hybridized carbons (Fsp3) is 0.333. The highest BCUT2D eigenvalue weighted by Gasteiger charge is 2.19. The average molecular weight is 177 g/mol. The summed E-state index contributed by atoms with van der Waals surface area (Å²) in [4.78, 5) is 4.03. The van der Waals surface area contributed by atoms with Crippen LogP contribution in [0.25, 0.3) is 5.65 Å². The molecule has 0 saturated heterocycles. The first kappa shape index (κ1) is 8.19. The van der Waals surface area contributed by atoms with Gasteiger partial charge in [-0.15, -0.1) is 0 Å². The second-order valence-electron chi connectivity index (χ2n) is 3.50. The smallest absolute Gasteiger partial charge is 0.155 e. The summed E-state index contributed by atoms with van der Waals surface area (Å²) in [5, 5.41) is 13.8. The molecule has 0 aliphatic heterocycles. The lowest BCUT2D eigenvalue weighted by molar-refractivity contribution is 0.0715. The van der Waals surface area contributed by atoms with Gasteiger partial charge in [0.2, 0.25) is 0 Å². The van der Waals surface area contributed by atoms with Crippen LogP contribution in [0.2, 0.25) is 0 Å². The molecular formula is C9H11N3O. The van der Waals surface area contributed by atoms with Gasteiger partial charge in [0.1, 0.15) is 11.9 Å². The number of hydrogen-bond acceptors (Lipinski definition) is 3. The lowest BCUT2D eigenvalue weighted by Crippen LogP contribution is -2.20. The van der Waals surface area contributed by atoms with E-state index in [2.05, 4.69) is 10.1 Å². The number of nitrogens with zero attached hydrogens (tertiary/aromatic N) is 3. The van der Waals surface area contributed by atoms with Crippen LogP contribution in [-0.2, 0) is 5.60 Å². The molecule has 68 valence electrons. The van der Waals surface area contributed by atoms with Gasteiger partial charge in [-0.05, 0) is 26.0 Å². The van der Waals surface area contributed by atoms with Gasteiger partial charge in [0, 0.05) is 0 Å². The fourth-order valence-corrected chi connectivity index (χ4v) is 1.31. The molecule has 2 heterocycles. The van der Waals surface area contributed by atoms with E-state index in [9.17, 15) is 5.11 Å². The maximum Gasteiger partial charge on any atom is 0.155 e. The molecule has 2 rings (SSSR count). The van der Waals surface area contributed by atoms with Crippen LogP contribution in [0.4, 0.5) is 0 Å². The molecule has 0 unspecified atom stereocenters. The van der Waals surface area contributed by atoms with Gasteiger partial charge >= 0.3 is 0 Å². The van der Waals surface area contributed by atoms with Crippen molar-refractivity contribution in [3.05, 3.63) is 30.2 Å². The molecule has 2 aromatic rings. The topological polar surface area (TPSA) is 50.4 Å². The minimum absolute atomic E-state index is 0.738. The van der Waals surface area contributed by atoms with Gasteiger partial charge in [-0.2, -0.15) is 5.10 Å². The largest absolute Gasteiger partial charge is 0.384 e. The predicted molar refractivity (Wildman–Crippen MR) is 48.2 cm³/mol. The quantitative estimate of drug-likeness (QED) is 0.705. The molecule has 4 nitrogen and oxygen atoms in total. The van der Waals surface area contributed by atoms with E-state index in [0.29, 0.717) is 0 Å². The molecule has 13 heavy (non-hydrogen) atoms. The summed E-state index contributed by atoms with van der Waals surface area (Å²) in [5.74, 6) is 0. The van der Waals surface area contributed by atoms with Gasteiger partial charge in [-0.1, -0.05) is 6.07 Å². The van der Waals surface area contributed by atoms with E-state index in [1.807, 2.05) is 18.2 Å². The summed E-state index contributed by atoms with van der Waals surface area (Å²) in [6.45, 7) is 3.45. The first-order chi connectivity index (χ1) is 6.09. The number of aliphatic hydroxyl groups is 1. The fourth-order valence-electron chi connectivity index (χ4n) is 1.31. The van der Waals surface area contributed by atoms with E-state index in [1.54, 1.807) is 18.4 Å². The molecule has 0 spiro atoms. The standard InChI is InChI=1S/C9H11N3O/c1-9(2,13)7-4-3-5-8-10-6-11-12(7)8/h3-6,13H,1-2H3. The van der Waals surface area contributed by atoms with Crippen LogP contribution in [0.5, 0.6) is 0 Å². The van der Waals surface area contributed by atoms with E-state index < -0.39 is 5.60 Å². The molecule has 2 aromatic heterocycles. The third-order valence-electron chi connectivity index (χ3n) is 1.93. The zero-order valence-electron chi connectivity index (χ0n) is 7.60. The van der Waals surface area contributed by atoms with E-state index in [1.165, 1.54) is 6.33 Å². The van der Waals surface area contributed by atoms with Crippen molar-refractivity contribution in [3.63, 3.8) is 0 Å². The lowest BCUT2D eigenvalue weighted by atomic mass is 10.1. The van der Waals surface area contributed by atoms with E-state index in [4.69, 9.17) is 0 Å². The normalized spacial score (nSPS) is 12.2. The summed E-state index contributed by atoms with van der Waals surface area (Å²) in [6, 6.07) is 5.54. The van der Waals surface area contributed by atoms with Gasteiger partial charge in [0.05, 0.1) is 5.69 Å². The van der Waals surface area contributed by atoms with Crippen LogP contribution >= 0.6 is 0 Å². The Morgan fingerprint density at radius 1 is 1.38 bits per heavy atom. The molecule has 0 amide bonds. The zero-order valence-corrected chi connectivity index (χ0v) is 7.60. The molecule has 0 bridgehead atoms. The summed E-state index contributed by atoms with van der Waals surface area (Å²) in [6.07, 6.45) is 1.48. The van der Waals surface area contributed by atoms with Crippen LogP contribution in [0.3, 0.4) is 0 Å². The van der Waals surface area contributed by atoms with Crippen LogP contribution in [0.1, 0.15) is 19.5 Å². The van der Waals surface area contributed by atoms with Gasteiger partial charge in [-0.25, -0.2) is 9.50 Å². The van der Waals surface area contributed by atoms with Crippen LogP contribution in [-0.4, -0.2) is 19.7 Å². The predicted octanol–water partition coefficient (Wildman–Crippen LogP) is 0.957. The summed E-state index contributed by atoms with van der Waals surface area (Å²) < 4.78 is 1.64. The highest BCUT2D eigenvalue weighted by Crippen LogP contribution is 2.18. The highest BCUT2D eigenvalue weighted by atomic mass is 16.3. The molecular weight excluding hydrogens is 166 g/mol. The second kappa shape index (κ2) is 2.53. The highest BCUT2D eigenvalue weighted by molar-refractivity contribution is 5.38. The Morgan fingerprint density at radius 2 is 2.15 bits per heavy atom. The number of rotatable bonds is 1. The van der Waals surface area contributed by atoms with Gasteiger partial charge in [0.15, 0.2) is 5.65 Å². The van der Waals surface area contributed by atoms with Crippen molar-refractivity contribution in [2.24, 2.45) is 0 Å². The Bertz CT molecular complexity index is 428. The molecule has 1 N–H and O–H groups in total. The monoisotopic (exact) mass is 177 g/mol. The van der Waals surface area contributed by atoms with Gasteiger partial charge in [0.25, 0.3) is 0 Å². The Kier molecular flexibility index (Phi) is 1.60. The molecule has 0 atom stereocenters. The number of pyridine rings is 1. The van der Waals surface area contributed by atoms with E-state index in [0.717, 1.165) is 11.3 Å². The minimum Gasteiger partial charge on any atom is -0.384 e. The third-order valence-corrected chi connectivity index (χ3v) is 1.93. The van der Waals surface area contributed by atoms with Crippen LogP contribution in [0, 0.1) is 0 Å². The molecule has 4 heteroatoms. The van der Waals surface area contributed by atoms with Crippen LogP contribution in [0.15, 0.2) is 24.5 Å². The molecule has 0 saturated carbocycles. The summed E-state index contributed by atoms with van der Waals surface area (Å²) in [7, 11) is 0. The van der Waals surface area contributed by atoms with Crippen LogP contribution < -0.4 is 0 Å². The Morgan fingerprint density at radius 3 is 2.85 bits per heavy atom. The number of aromatic nitrogens is 3. The second-order valence-corrected chi connectivity index (χ2v) is 3.50. The van der Waals surface area contributed by atoms with Crippen molar-refractivity contribution < 1.29 is 5.11 Å². The Labute approximate surface area is 75.8 Å². The lowest BCUT2D eigenvalue weighted by Gasteiger charge is -2.17. The zero-order chi connectivity index (χ0) is 9.47. The summed E-state index contributed by atoms with van der Waals surface area (Å²) >= 11 is 0. The summed E-state index contributed by atoms with van der Waals surface area (Å²) in [5.41, 5.74) is 0.592. The molecule has 0 aliphatic carbocycles. The SMILES string of the molecule is CC(C)(O)c1cccc2ncnn12. The van der Waals surface area contributed by atoms with Gasteiger partial charge < -0.3 is 5.11 Å². The minimum atomic E-state index is -0.896. The average Bonchev–Trinajstić information content (AvgIpc) is 2.48. The Hall–Kier alpha value is -1.42. The van der Waals surface area contributed by atoms with Crippen molar-refractivity contribution in [2.75, 3.05) is 0 Å². The maximum atomic E-state index is 9.82. The van der Waals surface area contributed by atoms with Crippen molar-refractivity contribution in [2.45, 2.75) is 19.4 Å². The van der Waals surface area contributed by atoms with E-state index in [-0.39, 0.29) is 0 Å². The molecule has 0 aliphatic rings. The van der Waals surface area contributed by atoms with Crippen molar-refractivity contribution >= 4 is 5.65 Å². The molecule has 0 fully saturated rings. The van der Waals surface area contributed by atoms with Crippen molar-refractivity contribution in [3.8, 4) is 0 Å². The first-order valence-electron chi connectivity index (χ1n) is 4.10. The van der Waals surface area contributed by atoms with Gasteiger partial charge in [-0.3, -0.25) is 0 Å². The number of fused-ring (bicyclic) bond motifs is 1. The van der Waals surface area contributed by atoms with E-state index >= 15 is 0 Å². The first-order valence-corrected chi connectivity index (χ1v) is 4.10. The maximum absolute atomic E-state index is 9.82. The number of hydrogen-bond donors (Lipinski definition) is 1. The molecule has 0 aromatic carbocycles. The Balaban J connectivity index is 2.75. The third kappa shape index (κ3) is 1.29. The van der Waals surface area contributed by atoms with Crippen molar-refractivity contribution in [1.82, 2.24) is 14.6 Å². The van der Waals surface area contributed by atoms with Crippen molar-refractivity contribution in [1.29, 1.82) is 0 Å².